The first-order valence-corrected chi connectivity index (χ1v) is 9.66. The van der Waals surface area contributed by atoms with Gasteiger partial charge in [-0.3, -0.25) is 4.79 Å². The van der Waals surface area contributed by atoms with Crippen LogP contribution in [-0.4, -0.2) is 45.5 Å². The molecule has 0 aromatic carbocycles. The summed E-state index contributed by atoms with van der Waals surface area (Å²) < 4.78 is 6.15. The number of ether oxygens (including phenoxy) is 1. The summed E-state index contributed by atoms with van der Waals surface area (Å²) in [4.78, 5) is 18.5. The molecule has 2 saturated heterocycles. The number of hydrogen-bond donors (Lipinski definition) is 0. The highest BCUT2D eigenvalue weighted by atomic mass is 32.2. The van der Waals surface area contributed by atoms with E-state index in [1.165, 1.54) is 0 Å². The second-order valence-electron chi connectivity index (χ2n) is 6.16. The van der Waals surface area contributed by atoms with Gasteiger partial charge in [0.1, 0.15) is 6.10 Å². The van der Waals surface area contributed by atoms with Crippen molar-refractivity contribution in [3.8, 4) is 5.88 Å². The van der Waals surface area contributed by atoms with Crippen LogP contribution >= 0.6 is 23.1 Å². The number of carbonyl (C=O) groups is 1. The van der Waals surface area contributed by atoms with E-state index in [1.54, 1.807) is 17.5 Å². The zero-order chi connectivity index (χ0) is 15.7. The fraction of sp³-hybridized carbons (Fsp3) is 0.412. The summed E-state index contributed by atoms with van der Waals surface area (Å²) in [5.74, 6) is 1.91. The lowest BCUT2D eigenvalue weighted by atomic mass is 9.92. The lowest BCUT2D eigenvalue weighted by molar-refractivity contribution is -0.135. The molecule has 0 N–H and O–H groups in total. The predicted molar refractivity (Wildman–Crippen MR) is 93.1 cm³/mol. The molecule has 1 amide bonds. The maximum absolute atomic E-state index is 12.3. The Kier molecular flexibility index (Phi) is 4.03. The average Bonchev–Trinajstić information content (AvgIpc) is 3.16. The summed E-state index contributed by atoms with van der Waals surface area (Å²) in [7, 11) is 0. The van der Waals surface area contributed by atoms with Crippen LogP contribution in [-0.2, 0) is 11.2 Å². The molecule has 0 radical (unpaired) electrons. The van der Waals surface area contributed by atoms with Gasteiger partial charge in [-0.05, 0) is 28.5 Å². The molecular weight excluding hydrogens is 328 g/mol. The van der Waals surface area contributed by atoms with Gasteiger partial charge in [-0.25, -0.2) is 4.98 Å². The fourth-order valence-electron chi connectivity index (χ4n) is 3.19. The van der Waals surface area contributed by atoms with Gasteiger partial charge in [-0.2, -0.15) is 11.3 Å². The van der Waals surface area contributed by atoms with Crippen LogP contribution in [0.1, 0.15) is 12.0 Å². The Balaban J connectivity index is 1.28. The van der Waals surface area contributed by atoms with Crippen LogP contribution in [0.5, 0.6) is 5.88 Å². The number of nitrogens with zero attached hydrogens (tertiary/aromatic N) is 2. The van der Waals surface area contributed by atoms with Gasteiger partial charge in [0, 0.05) is 37.5 Å². The highest BCUT2D eigenvalue weighted by Gasteiger charge is 2.51. The van der Waals surface area contributed by atoms with Gasteiger partial charge in [0.15, 0.2) is 0 Å². The number of amides is 1. The molecule has 6 heteroatoms. The molecule has 2 fully saturated rings. The van der Waals surface area contributed by atoms with Gasteiger partial charge in [0.2, 0.25) is 11.8 Å². The maximum atomic E-state index is 12.3. The minimum Gasteiger partial charge on any atom is -0.473 e. The zero-order valence-electron chi connectivity index (χ0n) is 12.7. The zero-order valence-corrected chi connectivity index (χ0v) is 14.3. The third-order valence-electron chi connectivity index (χ3n) is 4.35. The Hall–Kier alpha value is -1.53. The summed E-state index contributed by atoms with van der Waals surface area (Å²) in [6.45, 7) is 1.70. The largest absolute Gasteiger partial charge is 0.473 e. The van der Waals surface area contributed by atoms with E-state index in [0.717, 1.165) is 30.8 Å². The Morgan fingerprint density at radius 3 is 3.04 bits per heavy atom. The molecule has 1 spiro atoms. The lowest BCUT2D eigenvalue weighted by Crippen LogP contribution is -2.61. The van der Waals surface area contributed by atoms with E-state index in [1.807, 2.05) is 46.3 Å². The highest BCUT2D eigenvalue weighted by Crippen LogP contribution is 2.46. The van der Waals surface area contributed by atoms with Gasteiger partial charge in [0.05, 0.1) is 11.2 Å². The van der Waals surface area contributed by atoms with Crippen molar-refractivity contribution in [3.63, 3.8) is 0 Å². The average molecular weight is 346 g/mol. The lowest BCUT2D eigenvalue weighted by Gasteiger charge is -2.47. The van der Waals surface area contributed by atoms with E-state index in [0.29, 0.717) is 12.3 Å². The summed E-state index contributed by atoms with van der Waals surface area (Å²) in [6.07, 6.45) is 3.47. The second kappa shape index (κ2) is 6.17. The molecule has 2 aromatic heterocycles. The molecule has 0 saturated carbocycles. The molecule has 2 aliphatic heterocycles. The number of thiophene rings is 1. The first-order chi connectivity index (χ1) is 11.2. The molecule has 23 heavy (non-hydrogen) atoms. The molecule has 1 atom stereocenters. The Morgan fingerprint density at radius 1 is 1.39 bits per heavy atom. The summed E-state index contributed by atoms with van der Waals surface area (Å²) in [5.41, 5.74) is 1.12. The van der Waals surface area contributed by atoms with E-state index in [9.17, 15) is 4.79 Å². The van der Waals surface area contributed by atoms with Crippen LogP contribution in [0.25, 0.3) is 0 Å². The third-order valence-corrected chi connectivity index (χ3v) is 6.65. The van der Waals surface area contributed by atoms with Crippen molar-refractivity contribution < 1.29 is 9.53 Å². The molecular formula is C17H18N2O2S2. The van der Waals surface area contributed by atoms with Crippen molar-refractivity contribution in [2.24, 2.45) is 0 Å². The monoisotopic (exact) mass is 346 g/mol. The Labute approximate surface area is 143 Å². The van der Waals surface area contributed by atoms with Crippen molar-refractivity contribution in [1.82, 2.24) is 9.88 Å². The van der Waals surface area contributed by atoms with Crippen molar-refractivity contribution in [2.75, 3.05) is 18.8 Å². The first-order valence-electron chi connectivity index (χ1n) is 7.73. The topological polar surface area (TPSA) is 42.4 Å². The number of likely N-dealkylation sites (tertiary alicyclic amines) is 1. The number of aromatic nitrogens is 1. The molecule has 2 aliphatic rings. The van der Waals surface area contributed by atoms with E-state index in [2.05, 4.69) is 10.4 Å². The van der Waals surface area contributed by atoms with Gasteiger partial charge in [0.25, 0.3) is 0 Å². The maximum Gasteiger partial charge on any atom is 0.227 e. The van der Waals surface area contributed by atoms with Gasteiger partial charge < -0.3 is 9.64 Å². The van der Waals surface area contributed by atoms with Crippen LogP contribution < -0.4 is 4.74 Å². The van der Waals surface area contributed by atoms with Crippen molar-refractivity contribution >= 4 is 29.0 Å². The van der Waals surface area contributed by atoms with Crippen LogP contribution in [0.3, 0.4) is 0 Å². The molecule has 120 valence electrons. The molecule has 0 aliphatic carbocycles. The van der Waals surface area contributed by atoms with E-state index >= 15 is 0 Å². The number of rotatable bonds is 4. The van der Waals surface area contributed by atoms with Crippen LogP contribution in [0.15, 0.2) is 41.2 Å². The molecule has 4 rings (SSSR count). The molecule has 4 heterocycles. The molecule has 4 nitrogen and oxygen atoms in total. The third kappa shape index (κ3) is 3.23. The number of thioether (sulfide) groups is 1. The smallest absolute Gasteiger partial charge is 0.227 e. The van der Waals surface area contributed by atoms with Gasteiger partial charge in [-0.15, -0.1) is 11.8 Å². The number of hydrogen-bond acceptors (Lipinski definition) is 5. The SMILES string of the molecule is O=C(Cc1ccsc1)N1CC2(C[C@@H](Oc3ccccn3)CS2)C1. The highest BCUT2D eigenvalue weighted by molar-refractivity contribution is 8.01. The van der Waals surface area contributed by atoms with E-state index < -0.39 is 0 Å². The molecule has 0 bridgehead atoms. The summed E-state index contributed by atoms with van der Waals surface area (Å²) in [6, 6.07) is 7.75. The van der Waals surface area contributed by atoms with Crippen molar-refractivity contribution in [1.29, 1.82) is 0 Å². The summed E-state index contributed by atoms with van der Waals surface area (Å²) >= 11 is 3.58. The van der Waals surface area contributed by atoms with Gasteiger partial charge in [-0.1, -0.05) is 6.07 Å². The number of carbonyl (C=O) groups excluding carboxylic acids is 1. The van der Waals surface area contributed by atoms with Crippen LogP contribution in [0.4, 0.5) is 0 Å². The Morgan fingerprint density at radius 2 is 2.30 bits per heavy atom. The normalized spacial score (nSPS) is 22.1. The second-order valence-corrected chi connectivity index (χ2v) is 8.43. The van der Waals surface area contributed by atoms with Crippen LogP contribution in [0.2, 0.25) is 0 Å². The van der Waals surface area contributed by atoms with Gasteiger partial charge >= 0.3 is 0 Å². The predicted octanol–water partition coefficient (Wildman–Crippen LogP) is 2.85. The minimum atomic E-state index is 0.198. The minimum absolute atomic E-state index is 0.198. The fourth-order valence-corrected chi connectivity index (χ4v) is 5.38. The van der Waals surface area contributed by atoms with E-state index in [-0.39, 0.29) is 16.8 Å². The summed E-state index contributed by atoms with van der Waals surface area (Å²) in [5, 5.41) is 4.07. The first kappa shape index (κ1) is 15.0. The van der Waals surface area contributed by atoms with Crippen molar-refractivity contribution in [2.45, 2.75) is 23.7 Å². The van der Waals surface area contributed by atoms with Crippen LogP contribution in [0, 0.1) is 0 Å². The molecule has 2 aromatic rings. The van der Waals surface area contributed by atoms with Crippen molar-refractivity contribution in [3.05, 3.63) is 46.8 Å². The number of pyridine rings is 1. The molecule has 0 unspecified atom stereocenters. The Bertz CT molecular complexity index is 669. The standard InChI is InChI=1S/C17H18N2O2S2/c20-16(7-13-4-6-22-9-13)19-11-17(12-19)8-14(10-23-17)21-15-3-1-2-5-18-15/h1-6,9,14H,7-8,10-12H2/t14-/m1/s1. The quantitative estimate of drug-likeness (QED) is 0.854. The van der Waals surface area contributed by atoms with E-state index in [4.69, 9.17) is 4.74 Å².